The van der Waals surface area contributed by atoms with Gasteiger partial charge in [-0.2, -0.15) is 5.10 Å². The standard InChI is InChI=1S/C24H27N5O3S/c30-23(18-33-22-6-2-1-3-7-22)27-20-13-26-29(15-20)17-24(31)28(16-21-5-4-12-32-21)14-19-8-10-25-11-9-19/h1-3,6-11,13,15,21H,4-5,12,14,16-18H2,(H,27,30)/t21-/m0/s1. The Balaban J connectivity index is 1.32. The zero-order valence-corrected chi connectivity index (χ0v) is 19.1. The third-order valence-corrected chi connectivity index (χ3v) is 6.26. The van der Waals surface area contributed by atoms with E-state index < -0.39 is 0 Å². The number of nitrogens with zero attached hydrogens (tertiary/aromatic N) is 4. The van der Waals surface area contributed by atoms with Crippen molar-refractivity contribution in [2.45, 2.75) is 36.9 Å². The molecule has 172 valence electrons. The molecule has 0 saturated carbocycles. The van der Waals surface area contributed by atoms with Crippen molar-refractivity contribution in [2.24, 2.45) is 0 Å². The highest BCUT2D eigenvalue weighted by molar-refractivity contribution is 8.00. The van der Waals surface area contributed by atoms with E-state index in [0.717, 1.165) is 29.9 Å². The van der Waals surface area contributed by atoms with Crippen molar-refractivity contribution in [3.8, 4) is 0 Å². The first kappa shape index (κ1) is 23.0. The second kappa shape index (κ2) is 11.6. The summed E-state index contributed by atoms with van der Waals surface area (Å²) in [7, 11) is 0. The number of rotatable bonds is 10. The summed E-state index contributed by atoms with van der Waals surface area (Å²) in [5.41, 5.74) is 1.59. The number of hydrogen-bond donors (Lipinski definition) is 1. The van der Waals surface area contributed by atoms with Gasteiger partial charge in [0.2, 0.25) is 11.8 Å². The molecule has 9 heteroatoms. The highest BCUT2D eigenvalue weighted by atomic mass is 32.2. The third kappa shape index (κ3) is 7.16. The van der Waals surface area contributed by atoms with Crippen LogP contribution in [0, 0.1) is 0 Å². The van der Waals surface area contributed by atoms with Crippen molar-refractivity contribution in [1.82, 2.24) is 19.7 Å². The monoisotopic (exact) mass is 465 g/mol. The predicted octanol–water partition coefficient (Wildman–Crippen LogP) is 3.22. The van der Waals surface area contributed by atoms with Crippen LogP contribution in [0.4, 0.5) is 5.69 Å². The number of thioether (sulfide) groups is 1. The molecular weight excluding hydrogens is 438 g/mol. The maximum atomic E-state index is 13.1. The van der Waals surface area contributed by atoms with Crippen molar-refractivity contribution < 1.29 is 14.3 Å². The number of nitrogens with one attached hydrogen (secondary N) is 1. The largest absolute Gasteiger partial charge is 0.376 e. The molecule has 1 N–H and O–H groups in total. The van der Waals surface area contributed by atoms with E-state index in [-0.39, 0.29) is 24.5 Å². The summed E-state index contributed by atoms with van der Waals surface area (Å²) >= 11 is 1.47. The summed E-state index contributed by atoms with van der Waals surface area (Å²) < 4.78 is 7.30. The van der Waals surface area contributed by atoms with Gasteiger partial charge in [0.15, 0.2) is 0 Å². The Morgan fingerprint density at radius 1 is 1.18 bits per heavy atom. The minimum absolute atomic E-state index is 0.0529. The van der Waals surface area contributed by atoms with Gasteiger partial charge in [-0.15, -0.1) is 11.8 Å². The molecule has 8 nitrogen and oxygen atoms in total. The molecule has 0 aliphatic carbocycles. The molecule has 0 unspecified atom stereocenters. The lowest BCUT2D eigenvalue weighted by Crippen LogP contribution is -2.39. The Morgan fingerprint density at radius 2 is 2.00 bits per heavy atom. The fourth-order valence-electron chi connectivity index (χ4n) is 3.61. The molecule has 1 fully saturated rings. The van der Waals surface area contributed by atoms with E-state index in [9.17, 15) is 9.59 Å². The van der Waals surface area contributed by atoms with Crippen LogP contribution in [-0.4, -0.2) is 56.5 Å². The lowest BCUT2D eigenvalue weighted by molar-refractivity contribution is -0.134. The zero-order chi connectivity index (χ0) is 22.9. The van der Waals surface area contributed by atoms with Crippen LogP contribution < -0.4 is 5.32 Å². The van der Waals surface area contributed by atoms with Gasteiger partial charge in [-0.25, -0.2) is 0 Å². The average Bonchev–Trinajstić information content (AvgIpc) is 3.51. The third-order valence-electron chi connectivity index (χ3n) is 5.25. The predicted molar refractivity (Wildman–Crippen MR) is 127 cm³/mol. The molecule has 1 aromatic carbocycles. The molecule has 1 atom stereocenters. The molecule has 4 rings (SSSR count). The van der Waals surface area contributed by atoms with Crippen LogP contribution in [0.3, 0.4) is 0 Å². The zero-order valence-electron chi connectivity index (χ0n) is 18.3. The molecule has 2 amide bonds. The van der Waals surface area contributed by atoms with E-state index in [4.69, 9.17) is 4.74 Å². The number of amides is 2. The van der Waals surface area contributed by atoms with Gasteiger partial charge in [0.05, 0.1) is 23.7 Å². The molecule has 1 saturated heterocycles. The number of carbonyl (C=O) groups excluding carboxylic acids is 2. The molecule has 33 heavy (non-hydrogen) atoms. The Morgan fingerprint density at radius 3 is 2.76 bits per heavy atom. The van der Waals surface area contributed by atoms with Crippen LogP contribution in [0.1, 0.15) is 18.4 Å². The first-order valence-electron chi connectivity index (χ1n) is 10.9. The summed E-state index contributed by atoms with van der Waals surface area (Å²) in [6.07, 6.45) is 8.73. The summed E-state index contributed by atoms with van der Waals surface area (Å²) in [5, 5.41) is 7.09. The van der Waals surface area contributed by atoms with Gasteiger partial charge in [-0.3, -0.25) is 19.3 Å². The smallest absolute Gasteiger partial charge is 0.244 e. The molecule has 1 aliphatic rings. The Hall–Kier alpha value is -3.17. The molecule has 0 radical (unpaired) electrons. The van der Waals surface area contributed by atoms with E-state index in [1.165, 1.54) is 11.8 Å². The van der Waals surface area contributed by atoms with E-state index in [0.29, 0.717) is 24.5 Å². The van der Waals surface area contributed by atoms with Crippen LogP contribution in [-0.2, 0) is 27.4 Å². The number of hydrogen-bond acceptors (Lipinski definition) is 6. The quantitative estimate of drug-likeness (QED) is 0.463. The van der Waals surface area contributed by atoms with Gasteiger partial charge in [0.25, 0.3) is 0 Å². The highest BCUT2D eigenvalue weighted by Crippen LogP contribution is 2.18. The lowest BCUT2D eigenvalue weighted by atomic mass is 10.2. The van der Waals surface area contributed by atoms with Crippen LogP contribution >= 0.6 is 11.8 Å². The molecule has 3 aromatic rings. The SMILES string of the molecule is O=C(CSc1ccccc1)Nc1cnn(CC(=O)N(Cc2ccncc2)C[C@@H]2CCCO2)c1. The average molecular weight is 466 g/mol. The molecule has 2 aromatic heterocycles. The first-order chi connectivity index (χ1) is 16.2. The van der Waals surface area contributed by atoms with Crippen LogP contribution in [0.25, 0.3) is 0 Å². The van der Waals surface area contributed by atoms with Crippen molar-refractivity contribution in [3.05, 3.63) is 72.8 Å². The Kier molecular flexibility index (Phi) is 8.10. The maximum absolute atomic E-state index is 13.1. The minimum atomic E-state index is -0.118. The summed E-state index contributed by atoms with van der Waals surface area (Å²) in [5.74, 6) is 0.130. The van der Waals surface area contributed by atoms with Crippen LogP contribution in [0.2, 0.25) is 0 Å². The van der Waals surface area contributed by atoms with Gasteiger partial charge in [0, 0.05) is 43.2 Å². The number of benzene rings is 1. The Bertz CT molecular complexity index is 1040. The van der Waals surface area contributed by atoms with Crippen LogP contribution in [0.15, 0.2) is 72.1 Å². The number of carbonyl (C=O) groups is 2. The molecule has 1 aliphatic heterocycles. The Labute approximate surface area is 197 Å². The lowest BCUT2D eigenvalue weighted by Gasteiger charge is -2.25. The summed E-state index contributed by atoms with van der Waals surface area (Å²) in [6, 6.07) is 13.6. The van der Waals surface area contributed by atoms with Gasteiger partial charge in [-0.05, 0) is 42.7 Å². The topological polar surface area (TPSA) is 89.4 Å². The normalized spacial score (nSPS) is 15.3. The van der Waals surface area contributed by atoms with E-state index >= 15 is 0 Å². The number of pyridine rings is 1. The van der Waals surface area contributed by atoms with Crippen molar-refractivity contribution in [2.75, 3.05) is 24.2 Å². The fraction of sp³-hybridized carbons (Fsp3) is 0.333. The van der Waals surface area contributed by atoms with Crippen molar-refractivity contribution in [3.63, 3.8) is 0 Å². The maximum Gasteiger partial charge on any atom is 0.244 e. The van der Waals surface area contributed by atoms with Gasteiger partial charge < -0.3 is 15.0 Å². The molecule has 0 bridgehead atoms. The summed E-state index contributed by atoms with van der Waals surface area (Å²) in [4.78, 5) is 32.2. The first-order valence-corrected chi connectivity index (χ1v) is 11.9. The number of aromatic nitrogens is 3. The number of anilines is 1. The number of ether oxygens (including phenoxy) is 1. The van der Waals surface area contributed by atoms with Crippen molar-refractivity contribution >= 4 is 29.3 Å². The minimum Gasteiger partial charge on any atom is -0.376 e. The van der Waals surface area contributed by atoms with Crippen molar-refractivity contribution in [1.29, 1.82) is 0 Å². The summed E-state index contributed by atoms with van der Waals surface area (Å²) in [6.45, 7) is 1.87. The van der Waals surface area contributed by atoms with E-state index in [2.05, 4.69) is 15.4 Å². The second-order valence-corrected chi connectivity index (χ2v) is 8.89. The highest BCUT2D eigenvalue weighted by Gasteiger charge is 2.23. The van der Waals surface area contributed by atoms with E-state index in [1.54, 1.807) is 29.5 Å². The van der Waals surface area contributed by atoms with Gasteiger partial charge in [-0.1, -0.05) is 18.2 Å². The molecular formula is C24H27N5O3S. The second-order valence-electron chi connectivity index (χ2n) is 7.84. The molecule has 0 spiro atoms. The van der Waals surface area contributed by atoms with Gasteiger partial charge >= 0.3 is 0 Å². The molecule has 3 heterocycles. The van der Waals surface area contributed by atoms with Gasteiger partial charge in [0.1, 0.15) is 6.54 Å². The van der Waals surface area contributed by atoms with E-state index in [1.807, 2.05) is 47.4 Å². The van der Waals surface area contributed by atoms with Crippen LogP contribution in [0.5, 0.6) is 0 Å². The fourth-order valence-corrected chi connectivity index (χ4v) is 4.33.